The smallest absolute Gasteiger partial charge is 0.339 e. The number of aryl methyl sites for hydroxylation is 2. The molecule has 1 heterocycles. The molecule has 0 bridgehead atoms. The maximum Gasteiger partial charge on any atom is 0.339 e. The van der Waals surface area contributed by atoms with E-state index in [-0.39, 0.29) is 5.56 Å². The van der Waals surface area contributed by atoms with Crippen LogP contribution in [-0.2, 0) is 6.42 Å². The molecule has 0 radical (unpaired) electrons. The Morgan fingerprint density at radius 2 is 1.89 bits per heavy atom. The van der Waals surface area contributed by atoms with Gasteiger partial charge in [-0.05, 0) is 18.9 Å². The first kappa shape index (κ1) is 12.2. The van der Waals surface area contributed by atoms with Crippen LogP contribution in [0.25, 0.3) is 11.3 Å². The molecule has 4 nitrogen and oxygen atoms in total. The van der Waals surface area contributed by atoms with E-state index >= 15 is 0 Å². The molecule has 18 heavy (non-hydrogen) atoms. The van der Waals surface area contributed by atoms with Crippen molar-refractivity contribution in [3.05, 3.63) is 47.4 Å². The molecule has 0 aliphatic heterocycles. The number of carbonyl (C=O) groups is 1. The number of rotatable bonds is 3. The zero-order chi connectivity index (χ0) is 13.1. The van der Waals surface area contributed by atoms with Crippen molar-refractivity contribution >= 4 is 5.97 Å². The second kappa shape index (κ2) is 4.96. The molecular weight excluding hydrogens is 228 g/mol. The summed E-state index contributed by atoms with van der Waals surface area (Å²) < 4.78 is 0. The largest absolute Gasteiger partial charge is 0.478 e. The van der Waals surface area contributed by atoms with Gasteiger partial charge in [0.1, 0.15) is 11.9 Å². The van der Waals surface area contributed by atoms with Crippen LogP contribution in [0.3, 0.4) is 0 Å². The molecule has 0 saturated heterocycles. The number of nitrogens with zero attached hydrogens (tertiary/aromatic N) is 2. The van der Waals surface area contributed by atoms with E-state index in [0.29, 0.717) is 11.4 Å². The molecule has 2 aromatic rings. The first-order chi connectivity index (χ1) is 8.63. The number of aromatic carboxylic acids is 1. The van der Waals surface area contributed by atoms with Gasteiger partial charge in [-0.25, -0.2) is 14.8 Å². The highest BCUT2D eigenvalue weighted by Crippen LogP contribution is 2.23. The third kappa shape index (κ3) is 2.22. The molecule has 0 amide bonds. The molecule has 0 spiro atoms. The third-order valence-corrected chi connectivity index (χ3v) is 2.89. The minimum atomic E-state index is -0.998. The molecule has 2 rings (SSSR count). The summed E-state index contributed by atoms with van der Waals surface area (Å²) in [6.45, 7) is 3.75. The Morgan fingerprint density at radius 3 is 2.44 bits per heavy atom. The van der Waals surface area contributed by atoms with Gasteiger partial charge in [0.2, 0.25) is 0 Å². The molecule has 0 fully saturated rings. The summed E-state index contributed by atoms with van der Waals surface area (Å²) in [6.07, 6.45) is 2.35. The lowest BCUT2D eigenvalue weighted by atomic mass is 10.0. The highest BCUT2D eigenvalue weighted by molar-refractivity contribution is 5.95. The van der Waals surface area contributed by atoms with Crippen LogP contribution in [0.5, 0.6) is 0 Å². The minimum Gasteiger partial charge on any atom is -0.478 e. The van der Waals surface area contributed by atoms with Gasteiger partial charge in [0.15, 0.2) is 0 Å². The molecule has 92 valence electrons. The van der Waals surface area contributed by atoms with Crippen molar-refractivity contribution in [1.82, 2.24) is 9.97 Å². The summed E-state index contributed by atoms with van der Waals surface area (Å²) >= 11 is 0. The van der Waals surface area contributed by atoms with Crippen LogP contribution in [0, 0.1) is 6.92 Å². The van der Waals surface area contributed by atoms with Gasteiger partial charge in [-0.15, -0.1) is 0 Å². The third-order valence-electron chi connectivity index (χ3n) is 2.89. The van der Waals surface area contributed by atoms with Crippen molar-refractivity contribution in [2.24, 2.45) is 0 Å². The minimum absolute atomic E-state index is 0.168. The van der Waals surface area contributed by atoms with Gasteiger partial charge in [0.25, 0.3) is 0 Å². The highest BCUT2D eigenvalue weighted by atomic mass is 16.4. The second-order valence-corrected chi connectivity index (χ2v) is 4.04. The van der Waals surface area contributed by atoms with E-state index in [1.54, 1.807) is 6.92 Å². The van der Waals surface area contributed by atoms with Crippen LogP contribution >= 0.6 is 0 Å². The van der Waals surface area contributed by atoms with E-state index in [2.05, 4.69) is 16.9 Å². The van der Waals surface area contributed by atoms with Gasteiger partial charge < -0.3 is 5.11 Å². The molecule has 1 aromatic carbocycles. The molecule has 4 heteroatoms. The van der Waals surface area contributed by atoms with Crippen LogP contribution in [0.15, 0.2) is 30.6 Å². The van der Waals surface area contributed by atoms with Gasteiger partial charge in [-0.3, -0.25) is 0 Å². The molecule has 0 saturated carbocycles. The van der Waals surface area contributed by atoms with E-state index in [9.17, 15) is 9.90 Å². The fourth-order valence-corrected chi connectivity index (χ4v) is 1.85. The van der Waals surface area contributed by atoms with Crippen LogP contribution < -0.4 is 0 Å². The van der Waals surface area contributed by atoms with Crippen LogP contribution in [0.4, 0.5) is 0 Å². The van der Waals surface area contributed by atoms with Crippen LogP contribution in [-0.4, -0.2) is 21.0 Å². The monoisotopic (exact) mass is 242 g/mol. The van der Waals surface area contributed by atoms with E-state index in [4.69, 9.17) is 0 Å². The lowest BCUT2D eigenvalue weighted by molar-refractivity contribution is 0.0696. The molecule has 0 atom stereocenters. The number of benzene rings is 1. The van der Waals surface area contributed by atoms with Gasteiger partial charge in [-0.2, -0.15) is 0 Å². The van der Waals surface area contributed by atoms with Crippen molar-refractivity contribution in [2.75, 3.05) is 0 Å². The Hall–Kier alpha value is -2.23. The Balaban J connectivity index is 2.56. The maximum atomic E-state index is 11.3. The topological polar surface area (TPSA) is 63.1 Å². The summed E-state index contributed by atoms with van der Waals surface area (Å²) in [5.41, 5.74) is 3.13. The Morgan fingerprint density at radius 1 is 1.22 bits per heavy atom. The van der Waals surface area contributed by atoms with Gasteiger partial charge in [0.05, 0.1) is 11.4 Å². The number of hydrogen-bond acceptors (Lipinski definition) is 3. The fourth-order valence-electron chi connectivity index (χ4n) is 1.85. The highest BCUT2D eigenvalue weighted by Gasteiger charge is 2.16. The molecule has 0 aliphatic rings. The quantitative estimate of drug-likeness (QED) is 0.898. The lowest BCUT2D eigenvalue weighted by Gasteiger charge is -2.07. The second-order valence-electron chi connectivity index (χ2n) is 4.04. The van der Waals surface area contributed by atoms with Gasteiger partial charge in [0, 0.05) is 5.56 Å². The number of carboxylic acid groups (broad SMARTS) is 1. The first-order valence-corrected chi connectivity index (χ1v) is 5.77. The van der Waals surface area contributed by atoms with E-state index in [1.165, 1.54) is 11.9 Å². The predicted molar refractivity (Wildman–Crippen MR) is 68.5 cm³/mol. The fraction of sp³-hybridized carbons (Fsp3) is 0.214. The lowest BCUT2D eigenvalue weighted by Crippen LogP contribution is -2.06. The van der Waals surface area contributed by atoms with E-state index in [1.807, 2.05) is 24.3 Å². The van der Waals surface area contributed by atoms with Crippen LogP contribution in [0.2, 0.25) is 0 Å². The molecule has 1 aromatic heterocycles. The van der Waals surface area contributed by atoms with Crippen molar-refractivity contribution in [1.29, 1.82) is 0 Å². The predicted octanol–water partition coefficient (Wildman–Crippen LogP) is 2.71. The molecular formula is C14H14N2O2. The molecule has 1 N–H and O–H groups in total. The van der Waals surface area contributed by atoms with Gasteiger partial charge in [-0.1, -0.05) is 31.2 Å². The molecule has 0 unspecified atom stereocenters. The average molecular weight is 242 g/mol. The SMILES string of the molecule is CCc1ccc(-c2ncnc(C)c2C(=O)O)cc1. The number of hydrogen-bond donors (Lipinski definition) is 1. The van der Waals surface area contributed by atoms with Crippen LogP contribution in [0.1, 0.15) is 28.5 Å². The molecule has 0 aliphatic carbocycles. The first-order valence-electron chi connectivity index (χ1n) is 5.77. The summed E-state index contributed by atoms with van der Waals surface area (Å²) in [4.78, 5) is 19.3. The zero-order valence-electron chi connectivity index (χ0n) is 10.3. The van der Waals surface area contributed by atoms with Crippen molar-refractivity contribution < 1.29 is 9.90 Å². The average Bonchev–Trinajstić information content (AvgIpc) is 2.38. The number of carboxylic acids is 1. The summed E-state index contributed by atoms with van der Waals surface area (Å²) in [5.74, 6) is -0.998. The Bertz CT molecular complexity index is 577. The Kier molecular flexibility index (Phi) is 3.37. The van der Waals surface area contributed by atoms with Crippen molar-refractivity contribution in [2.45, 2.75) is 20.3 Å². The van der Waals surface area contributed by atoms with Crippen molar-refractivity contribution in [3.8, 4) is 11.3 Å². The summed E-state index contributed by atoms with van der Waals surface area (Å²) in [5, 5.41) is 9.23. The van der Waals surface area contributed by atoms with Crippen molar-refractivity contribution in [3.63, 3.8) is 0 Å². The maximum absolute atomic E-state index is 11.3. The normalized spacial score (nSPS) is 10.3. The van der Waals surface area contributed by atoms with E-state index < -0.39 is 5.97 Å². The number of aromatic nitrogens is 2. The zero-order valence-corrected chi connectivity index (χ0v) is 10.3. The Labute approximate surface area is 105 Å². The summed E-state index contributed by atoms with van der Waals surface area (Å²) in [6, 6.07) is 7.76. The van der Waals surface area contributed by atoms with Gasteiger partial charge >= 0.3 is 5.97 Å². The standard InChI is InChI=1S/C14H14N2O2/c1-3-10-4-6-11(7-5-10)13-12(14(17)18)9(2)15-8-16-13/h4-8H,3H2,1-2H3,(H,17,18). The van der Waals surface area contributed by atoms with E-state index in [0.717, 1.165) is 12.0 Å². The summed E-state index contributed by atoms with van der Waals surface area (Å²) in [7, 11) is 0.